The van der Waals surface area contributed by atoms with E-state index in [2.05, 4.69) is 19.2 Å². The molecule has 3 N–H and O–H groups in total. The largest absolute Gasteiger partial charge is 0.354 e. The van der Waals surface area contributed by atoms with Crippen LogP contribution >= 0.6 is 0 Å². The van der Waals surface area contributed by atoms with Gasteiger partial charge in [-0.3, -0.25) is 4.79 Å². The fourth-order valence-corrected chi connectivity index (χ4v) is 6.38. The molecular formula is C23H34N4O3S. The fourth-order valence-electron chi connectivity index (χ4n) is 4.74. The zero-order valence-electron chi connectivity index (χ0n) is 18.5. The highest BCUT2D eigenvalue weighted by atomic mass is 32.2. The molecule has 170 valence electrons. The predicted molar refractivity (Wildman–Crippen MR) is 119 cm³/mol. The van der Waals surface area contributed by atoms with Gasteiger partial charge >= 0.3 is 0 Å². The van der Waals surface area contributed by atoms with E-state index in [4.69, 9.17) is 5.73 Å². The van der Waals surface area contributed by atoms with Gasteiger partial charge < -0.3 is 11.1 Å². The van der Waals surface area contributed by atoms with Crippen LogP contribution in [-0.2, 0) is 14.8 Å². The van der Waals surface area contributed by atoms with Crippen LogP contribution in [0.15, 0.2) is 29.2 Å². The molecule has 31 heavy (non-hydrogen) atoms. The number of nitrogens with zero attached hydrogens (tertiary/aromatic N) is 2. The Morgan fingerprint density at radius 2 is 2.06 bits per heavy atom. The Bertz CT molecular complexity index is 940. The molecule has 3 rings (SSSR count). The second kappa shape index (κ2) is 9.68. The maximum absolute atomic E-state index is 13.1. The van der Waals surface area contributed by atoms with Gasteiger partial charge in [-0.25, -0.2) is 8.42 Å². The lowest BCUT2D eigenvalue weighted by atomic mass is 9.95. The summed E-state index contributed by atoms with van der Waals surface area (Å²) in [5.74, 6) is 1.08. The molecule has 2 unspecified atom stereocenters. The molecule has 1 saturated heterocycles. The molecule has 1 aliphatic heterocycles. The quantitative estimate of drug-likeness (QED) is 0.596. The molecule has 1 amide bonds. The van der Waals surface area contributed by atoms with Crippen molar-refractivity contribution < 1.29 is 13.2 Å². The van der Waals surface area contributed by atoms with Gasteiger partial charge in [-0.1, -0.05) is 26.0 Å². The van der Waals surface area contributed by atoms with Crippen LogP contribution in [0.1, 0.15) is 57.9 Å². The molecule has 1 aromatic rings. The first-order valence-corrected chi connectivity index (χ1v) is 12.7. The lowest BCUT2D eigenvalue weighted by molar-refractivity contribution is -0.123. The molecule has 0 radical (unpaired) electrons. The van der Waals surface area contributed by atoms with Crippen LogP contribution in [0.2, 0.25) is 0 Å². The zero-order chi connectivity index (χ0) is 22.6. The average molecular weight is 447 g/mol. The highest BCUT2D eigenvalue weighted by Gasteiger charge is 2.57. The first-order valence-electron chi connectivity index (χ1n) is 11.3. The number of sulfonamides is 1. The topological polar surface area (TPSA) is 116 Å². The molecule has 1 saturated carbocycles. The van der Waals surface area contributed by atoms with Crippen LogP contribution in [0.4, 0.5) is 0 Å². The van der Waals surface area contributed by atoms with Crippen molar-refractivity contribution in [2.75, 3.05) is 19.6 Å². The molecular weight excluding hydrogens is 412 g/mol. The van der Waals surface area contributed by atoms with Gasteiger partial charge in [0, 0.05) is 19.6 Å². The summed E-state index contributed by atoms with van der Waals surface area (Å²) in [6.07, 6.45) is 5.14. The van der Waals surface area contributed by atoms with E-state index in [1.165, 1.54) is 16.4 Å². The van der Waals surface area contributed by atoms with E-state index in [9.17, 15) is 18.5 Å². The normalized spacial score (nSPS) is 26.8. The number of hydrogen-bond donors (Lipinski definition) is 2. The summed E-state index contributed by atoms with van der Waals surface area (Å²) in [5, 5.41) is 12.3. The SMILES string of the molecule is CC(C)C1C[C@]1(N)C(=O)NCCCC1CCCN(S(=O)(=O)c2ccccc2C#N)CC1. The third-order valence-corrected chi connectivity index (χ3v) is 8.75. The van der Waals surface area contributed by atoms with Crippen LogP contribution in [0, 0.1) is 29.1 Å². The van der Waals surface area contributed by atoms with Gasteiger partial charge in [-0.2, -0.15) is 9.57 Å². The lowest BCUT2D eigenvalue weighted by Gasteiger charge is -2.21. The van der Waals surface area contributed by atoms with Crippen molar-refractivity contribution in [3.8, 4) is 6.07 Å². The minimum absolute atomic E-state index is 0.0412. The van der Waals surface area contributed by atoms with Gasteiger partial charge in [0.2, 0.25) is 15.9 Å². The Hall–Kier alpha value is -1.95. The second-order valence-electron chi connectivity index (χ2n) is 9.30. The lowest BCUT2D eigenvalue weighted by Crippen LogP contribution is -2.45. The Labute approximate surface area is 186 Å². The van der Waals surface area contributed by atoms with Crippen LogP contribution in [0.3, 0.4) is 0 Å². The van der Waals surface area contributed by atoms with Gasteiger partial charge in [-0.05, 0) is 68.4 Å². The molecule has 1 heterocycles. The van der Waals surface area contributed by atoms with E-state index in [1.54, 1.807) is 12.1 Å². The minimum Gasteiger partial charge on any atom is -0.354 e. The van der Waals surface area contributed by atoms with Crippen molar-refractivity contribution in [1.82, 2.24) is 9.62 Å². The van der Waals surface area contributed by atoms with Crippen LogP contribution in [0.25, 0.3) is 0 Å². The van der Waals surface area contributed by atoms with E-state index >= 15 is 0 Å². The number of amides is 1. The van der Waals surface area contributed by atoms with Gasteiger partial charge in [-0.15, -0.1) is 0 Å². The fraction of sp³-hybridized carbons (Fsp3) is 0.652. The summed E-state index contributed by atoms with van der Waals surface area (Å²) in [5.41, 5.74) is 5.71. The molecule has 3 atom stereocenters. The third kappa shape index (κ3) is 5.28. The predicted octanol–water partition coefficient (Wildman–Crippen LogP) is 2.62. The number of carbonyl (C=O) groups is 1. The molecule has 0 spiro atoms. The second-order valence-corrected chi connectivity index (χ2v) is 11.2. The van der Waals surface area contributed by atoms with E-state index in [1.807, 2.05) is 6.07 Å². The Morgan fingerprint density at radius 3 is 2.74 bits per heavy atom. The summed E-state index contributed by atoms with van der Waals surface area (Å²) < 4.78 is 27.6. The maximum atomic E-state index is 13.1. The Balaban J connectivity index is 1.46. The van der Waals surface area contributed by atoms with Crippen molar-refractivity contribution in [3.05, 3.63) is 29.8 Å². The Kier molecular flexibility index (Phi) is 7.40. The smallest absolute Gasteiger partial charge is 0.244 e. The zero-order valence-corrected chi connectivity index (χ0v) is 19.3. The molecule has 2 fully saturated rings. The minimum atomic E-state index is -3.67. The standard InChI is InChI=1S/C23H34N4O3S/c1-17(2)20-15-23(20,25)22(28)26-12-5-7-18-8-6-13-27(14-11-18)31(29,30)21-10-4-3-9-19(21)16-24/h3-4,9-10,17-18,20H,5-8,11-15,25H2,1-2H3,(H,26,28)/t18?,20?,23-/m1/s1. The van der Waals surface area contributed by atoms with Crippen molar-refractivity contribution in [3.63, 3.8) is 0 Å². The first kappa shape index (κ1) is 23.7. The summed E-state index contributed by atoms with van der Waals surface area (Å²) >= 11 is 0. The summed E-state index contributed by atoms with van der Waals surface area (Å²) in [6.45, 7) is 5.74. The van der Waals surface area contributed by atoms with Gasteiger partial charge in [0.05, 0.1) is 16.0 Å². The maximum Gasteiger partial charge on any atom is 0.244 e. The van der Waals surface area contributed by atoms with E-state index < -0.39 is 15.6 Å². The number of nitrogens with one attached hydrogen (secondary N) is 1. The number of nitrogens with two attached hydrogens (primary N) is 1. The number of carbonyl (C=O) groups excluding carboxylic acids is 1. The van der Waals surface area contributed by atoms with Gasteiger partial charge in [0.15, 0.2) is 0 Å². The molecule has 0 bridgehead atoms. The number of nitriles is 1. The molecule has 7 nitrogen and oxygen atoms in total. The van der Waals surface area contributed by atoms with E-state index in [-0.39, 0.29) is 22.3 Å². The van der Waals surface area contributed by atoms with E-state index in [0.717, 1.165) is 38.5 Å². The molecule has 1 aliphatic carbocycles. The van der Waals surface area contributed by atoms with Gasteiger partial charge in [0.25, 0.3) is 0 Å². The average Bonchev–Trinajstić information content (AvgIpc) is 3.50. The van der Waals surface area contributed by atoms with E-state index in [0.29, 0.717) is 31.5 Å². The number of rotatable bonds is 8. The highest BCUT2D eigenvalue weighted by Crippen LogP contribution is 2.46. The number of hydrogen-bond acceptors (Lipinski definition) is 5. The van der Waals surface area contributed by atoms with Crippen molar-refractivity contribution in [2.24, 2.45) is 23.5 Å². The van der Waals surface area contributed by atoms with Crippen LogP contribution in [0.5, 0.6) is 0 Å². The third-order valence-electron chi connectivity index (χ3n) is 6.79. The first-order chi connectivity index (χ1) is 14.7. The number of benzene rings is 1. The monoisotopic (exact) mass is 446 g/mol. The molecule has 1 aromatic carbocycles. The molecule has 8 heteroatoms. The van der Waals surface area contributed by atoms with Crippen LogP contribution < -0.4 is 11.1 Å². The highest BCUT2D eigenvalue weighted by molar-refractivity contribution is 7.89. The molecule has 0 aromatic heterocycles. The molecule has 2 aliphatic rings. The summed E-state index contributed by atoms with van der Waals surface area (Å²) in [4.78, 5) is 12.4. The Morgan fingerprint density at radius 1 is 1.32 bits per heavy atom. The van der Waals surface area contributed by atoms with Gasteiger partial charge in [0.1, 0.15) is 6.07 Å². The van der Waals surface area contributed by atoms with Crippen molar-refractivity contribution in [2.45, 2.75) is 62.8 Å². The van der Waals surface area contributed by atoms with Crippen LogP contribution in [-0.4, -0.2) is 43.8 Å². The summed E-state index contributed by atoms with van der Waals surface area (Å²) in [6, 6.07) is 8.36. The summed E-state index contributed by atoms with van der Waals surface area (Å²) in [7, 11) is -3.67. The van der Waals surface area contributed by atoms with Crippen molar-refractivity contribution in [1.29, 1.82) is 5.26 Å². The van der Waals surface area contributed by atoms with Crippen molar-refractivity contribution >= 4 is 15.9 Å².